The van der Waals surface area contributed by atoms with Crippen molar-refractivity contribution >= 4 is 22.1 Å². The van der Waals surface area contributed by atoms with Crippen molar-refractivity contribution in [3.8, 4) is 0 Å². The molecule has 2 rings (SSSR count). The van der Waals surface area contributed by atoms with Crippen LogP contribution in [-0.2, 0) is 0 Å². The Morgan fingerprint density at radius 1 is 1.08 bits per heavy atom. The van der Waals surface area contributed by atoms with Gasteiger partial charge in [-0.3, -0.25) is 0 Å². The summed E-state index contributed by atoms with van der Waals surface area (Å²) in [5.41, 5.74) is 3.20. The van der Waals surface area contributed by atoms with Crippen LogP contribution in [0.2, 0.25) is 24.4 Å². The molecular formula is C10H15Si2. The fraction of sp³-hybridized carbons (Fsp3) is 0.400. The van der Waals surface area contributed by atoms with E-state index in [1.165, 1.54) is 0 Å². The van der Waals surface area contributed by atoms with Gasteiger partial charge in [0.1, 0.15) is 0 Å². The molecular weight excluding hydrogens is 176 g/mol. The minimum atomic E-state index is -0.651. The van der Waals surface area contributed by atoms with Crippen LogP contribution in [0.1, 0.15) is 0 Å². The molecule has 0 N–H and O–H groups in total. The zero-order valence-electron chi connectivity index (χ0n) is 7.80. The highest BCUT2D eigenvalue weighted by molar-refractivity contribution is 7.09. The van der Waals surface area contributed by atoms with E-state index in [4.69, 9.17) is 0 Å². The summed E-state index contributed by atoms with van der Waals surface area (Å²) < 4.78 is 0. The van der Waals surface area contributed by atoms with Gasteiger partial charge >= 0.3 is 0 Å². The average Bonchev–Trinajstić information content (AvgIpc) is 2.02. The van der Waals surface area contributed by atoms with Crippen LogP contribution in [0.3, 0.4) is 0 Å². The highest BCUT2D eigenvalue weighted by atomic mass is 28.4. The number of hydrogen-bond acceptors (Lipinski definition) is 0. The van der Waals surface area contributed by atoms with Crippen LogP contribution in [0.15, 0.2) is 30.3 Å². The average molecular weight is 191 g/mol. The molecule has 0 saturated carbocycles. The van der Waals surface area contributed by atoms with Gasteiger partial charge in [-0.05, 0) is 0 Å². The van der Waals surface area contributed by atoms with Crippen molar-refractivity contribution in [2.45, 2.75) is 24.4 Å². The Bertz CT molecular complexity index is 258. The van der Waals surface area contributed by atoms with Crippen LogP contribution in [0.5, 0.6) is 0 Å². The summed E-state index contributed by atoms with van der Waals surface area (Å²) in [5, 5.41) is 1.66. The van der Waals surface area contributed by atoms with Crippen LogP contribution in [0.4, 0.5) is 0 Å². The Kier molecular flexibility index (Phi) is 1.96. The van der Waals surface area contributed by atoms with Crippen LogP contribution < -0.4 is 5.19 Å². The summed E-state index contributed by atoms with van der Waals surface area (Å²) in [6.45, 7) is 5.04. The smallest absolute Gasteiger partial charge is 0.0698 e. The van der Waals surface area contributed by atoms with Gasteiger partial charge in [-0.25, -0.2) is 0 Å². The largest absolute Gasteiger partial charge is 0.0801 e. The molecule has 1 fully saturated rings. The van der Waals surface area contributed by atoms with E-state index in [-0.39, 0.29) is 8.80 Å². The molecule has 1 aromatic rings. The number of benzene rings is 1. The summed E-state index contributed by atoms with van der Waals surface area (Å²) in [7, 11) is -0.722. The van der Waals surface area contributed by atoms with Crippen molar-refractivity contribution in [1.82, 2.24) is 0 Å². The molecule has 0 aliphatic carbocycles. The molecule has 1 aromatic carbocycles. The minimum absolute atomic E-state index is 0.0707. The van der Waals surface area contributed by atoms with Gasteiger partial charge in [0.2, 0.25) is 0 Å². The highest BCUT2D eigenvalue weighted by Crippen LogP contribution is 2.30. The summed E-state index contributed by atoms with van der Waals surface area (Å²) in [6.07, 6.45) is 0. The summed E-state index contributed by atoms with van der Waals surface area (Å²) >= 11 is 0. The summed E-state index contributed by atoms with van der Waals surface area (Å²) in [6, 6.07) is 11.1. The van der Waals surface area contributed by atoms with E-state index in [1.807, 2.05) is 0 Å². The fourth-order valence-electron chi connectivity index (χ4n) is 1.98. The maximum atomic E-state index is 2.52. The molecule has 63 valence electrons. The van der Waals surface area contributed by atoms with E-state index >= 15 is 0 Å². The molecule has 1 aliphatic heterocycles. The summed E-state index contributed by atoms with van der Waals surface area (Å²) in [4.78, 5) is 0. The molecule has 0 bridgehead atoms. The lowest BCUT2D eigenvalue weighted by Gasteiger charge is -2.39. The Hall–Kier alpha value is -0.346. The lowest BCUT2D eigenvalue weighted by molar-refractivity contribution is 1.43. The Labute approximate surface area is 77.2 Å². The quantitative estimate of drug-likeness (QED) is 0.597. The molecule has 0 atom stereocenters. The second-order valence-corrected chi connectivity index (χ2v) is 13.4. The third-order valence-corrected chi connectivity index (χ3v) is 14.8. The molecule has 0 amide bonds. The molecule has 0 spiro atoms. The van der Waals surface area contributed by atoms with Crippen molar-refractivity contribution in [1.29, 1.82) is 0 Å². The molecule has 1 radical (unpaired) electrons. The zero-order chi connectivity index (χ0) is 8.60. The zero-order valence-corrected chi connectivity index (χ0v) is 9.80. The Morgan fingerprint density at radius 2 is 1.67 bits per heavy atom. The van der Waals surface area contributed by atoms with Crippen LogP contribution >= 0.6 is 0 Å². The number of rotatable bonds is 1. The van der Waals surface area contributed by atoms with Crippen LogP contribution in [-0.4, -0.2) is 16.9 Å². The predicted molar refractivity (Wildman–Crippen MR) is 58.9 cm³/mol. The van der Waals surface area contributed by atoms with Gasteiger partial charge in [-0.15, -0.1) is 0 Å². The maximum absolute atomic E-state index is 2.52. The topological polar surface area (TPSA) is 0 Å². The Balaban J connectivity index is 2.06. The third-order valence-electron chi connectivity index (χ3n) is 2.57. The van der Waals surface area contributed by atoms with Crippen molar-refractivity contribution in [3.05, 3.63) is 30.3 Å². The lowest BCUT2D eigenvalue weighted by atomic mass is 10.4. The standard InChI is InChI=1S/C10H15Si2/c1-12(2)8-11(9-12)10-6-4-3-5-7-10/h3-7H,8-9H2,1-2H3. The third kappa shape index (κ3) is 1.54. The van der Waals surface area contributed by atoms with Gasteiger partial charge in [-0.2, -0.15) is 0 Å². The van der Waals surface area contributed by atoms with E-state index in [1.54, 1.807) is 16.5 Å². The fourth-order valence-corrected chi connectivity index (χ4v) is 13.1. The first-order valence-electron chi connectivity index (χ1n) is 4.57. The Morgan fingerprint density at radius 3 is 2.17 bits per heavy atom. The normalized spacial score (nSPS) is 21.8. The number of hydrogen-bond donors (Lipinski definition) is 0. The molecule has 12 heavy (non-hydrogen) atoms. The van der Waals surface area contributed by atoms with Crippen molar-refractivity contribution in [3.63, 3.8) is 0 Å². The van der Waals surface area contributed by atoms with E-state index < -0.39 is 8.07 Å². The van der Waals surface area contributed by atoms with Crippen molar-refractivity contribution < 1.29 is 0 Å². The van der Waals surface area contributed by atoms with Crippen LogP contribution in [0, 0.1) is 0 Å². The van der Waals surface area contributed by atoms with E-state index in [0.717, 1.165) is 0 Å². The summed E-state index contributed by atoms with van der Waals surface area (Å²) in [5.74, 6) is 0. The maximum Gasteiger partial charge on any atom is 0.0801 e. The molecule has 2 heteroatoms. The van der Waals surface area contributed by atoms with E-state index in [9.17, 15) is 0 Å². The second-order valence-electron chi connectivity index (χ2n) is 4.49. The van der Waals surface area contributed by atoms with Crippen LogP contribution in [0.25, 0.3) is 0 Å². The van der Waals surface area contributed by atoms with Crippen molar-refractivity contribution in [2.75, 3.05) is 0 Å². The minimum Gasteiger partial charge on any atom is -0.0698 e. The highest BCUT2D eigenvalue weighted by Gasteiger charge is 2.39. The SMILES string of the molecule is C[Si]1(C)C[Si](c2ccccc2)C1. The van der Waals surface area contributed by atoms with Crippen molar-refractivity contribution in [2.24, 2.45) is 0 Å². The molecule has 0 unspecified atom stereocenters. The predicted octanol–water partition coefficient (Wildman–Crippen LogP) is 2.19. The lowest BCUT2D eigenvalue weighted by Crippen LogP contribution is -2.54. The first-order chi connectivity index (χ1) is 5.67. The van der Waals surface area contributed by atoms with Gasteiger partial charge in [0.05, 0.1) is 8.80 Å². The molecule has 1 heterocycles. The van der Waals surface area contributed by atoms with E-state index in [2.05, 4.69) is 43.4 Å². The monoisotopic (exact) mass is 191 g/mol. The molecule has 0 nitrogen and oxygen atoms in total. The molecule has 0 aromatic heterocycles. The second kappa shape index (κ2) is 2.85. The first-order valence-corrected chi connectivity index (χ1v) is 9.90. The van der Waals surface area contributed by atoms with Gasteiger partial charge in [0, 0.05) is 8.07 Å². The van der Waals surface area contributed by atoms with Gasteiger partial charge < -0.3 is 0 Å². The van der Waals surface area contributed by atoms with E-state index in [0.29, 0.717) is 0 Å². The molecule has 1 aliphatic rings. The van der Waals surface area contributed by atoms with Gasteiger partial charge in [0.25, 0.3) is 0 Å². The first kappa shape index (κ1) is 8.26. The van der Waals surface area contributed by atoms with Gasteiger partial charge in [0.15, 0.2) is 0 Å². The van der Waals surface area contributed by atoms with Gasteiger partial charge in [-0.1, -0.05) is 59.9 Å². The molecule has 1 saturated heterocycles.